The number of anilines is 1. The van der Waals surface area contributed by atoms with Gasteiger partial charge < -0.3 is 15.4 Å². The third kappa shape index (κ3) is 6.15. The molecule has 0 heterocycles. The van der Waals surface area contributed by atoms with Crippen LogP contribution >= 0.6 is 12.2 Å². The third-order valence-electron chi connectivity index (χ3n) is 2.93. The summed E-state index contributed by atoms with van der Waals surface area (Å²) >= 11 is 5.13. The number of nitrogens with one attached hydrogen (secondary N) is 2. The first-order chi connectivity index (χ1) is 11.0. The molecule has 0 fully saturated rings. The maximum Gasteiger partial charge on any atom is 0.387 e. The van der Waals surface area contributed by atoms with Crippen LogP contribution in [0.4, 0.5) is 18.9 Å². The maximum atomic E-state index is 13.0. The number of hydrogen-bond acceptors (Lipinski definition) is 2. The summed E-state index contributed by atoms with van der Waals surface area (Å²) in [6.45, 7) is -2.30. The standard InChI is InChI=1S/C16H15F3N2OS/c17-12-3-1-2-11(10-12)8-9-20-16(23)21-13-4-6-14(7-5-13)22-15(18)19/h1-7,10,15H,8-9H2,(H2,20,21,23). The lowest BCUT2D eigenvalue weighted by Crippen LogP contribution is -2.30. The van der Waals surface area contributed by atoms with Crippen LogP contribution < -0.4 is 15.4 Å². The van der Waals surface area contributed by atoms with Crippen molar-refractivity contribution in [3.63, 3.8) is 0 Å². The molecule has 122 valence electrons. The van der Waals surface area contributed by atoms with Crippen molar-refractivity contribution >= 4 is 23.0 Å². The molecule has 0 saturated heterocycles. The van der Waals surface area contributed by atoms with E-state index >= 15 is 0 Å². The van der Waals surface area contributed by atoms with Crippen LogP contribution in [0.1, 0.15) is 5.56 Å². The van der Waals surface area contributed by atoms with Crippen molar-refractivity contribution in [3.8, 4) is 5.75 Å². The fraction of sp³-hybridized carbons (Fsp3) is 0.188. The van der Waals surface area contributed by atoms with Gasteiger partial charge in [-0.3, -0.25) is 0 Å². The number of hydrogen-bond donors (Lipinski definition) is 2. The average Bonchev–Trinajstić information content (AvgIpc) is 2.49. The highest BCUT2D eigenvalue weighted by molar-refractivity contribution is 7.80. The second-order valence-electron chi connectivity index (χ2n) is 4.66. The van der Waals surface area contributed by atoms with E-state index in [1.54, 1.807) is 18.2 Å². The summed E-state index contributed by atoms with van der Waals surface area (Å²) in [6.07, 6.45) is 0.626. The highest BCUT2D eigenvalue weighted by Gasteiger charge is 2.04. The minimum atomic E-state index is -2.85. The monoisotopic (exact) mass is 340 g/mol. The Bertz CT molecular complexity index is 650. The zero-order valence-corrected chi connectivity index (χ0v) is 12.9. The average molecular weight is 340 g/mol. The molecular weight excluding hydrogens is 325 g/mol. The first-order valence-electron chi connectivity index (χ1n) is 6.87. The highest BCUT2D eigenvalue weighted by Crippen LogP contribution is 2.17. The van der Waals surface area contributed by atoms with E-state index in [-0.39, 0.29) is 11.6 Å². The van der Waals surface area contributed by atoms with Gasteiger partial charge in [-0.25, -0.2) is 4.39 Å². The largest absolute Gasteiger partial charge is 0.435 e. The minimum absolute atomic E-state index is 0.0792. The Hall–Kier alpha value is -2.28. The second kappa shape index (κ2) is 8.38. The molecule has 0 radical (unpaired) electrons. The maximum absolute atomic E-state index is 13.0. The topological polar surface area (TPSA) is 33.3 Å². The number of alkyl halides is 2. The minimum Gasteiger partial charge on any atom is -0.435 e. The Kier molecular flexibility index (Phi) is 6.22. The number of ether oxygens (including phenoxy) is 1. The van der Waals surface area contributed by atoms with Crippen molar-refractivity contribution in [1.82, 2.24) is 5.32 Å². The van der Waals surface area contributed by atoms with E-state index in [4.69, 9.17) is 12.2 Å². The van der Waals surface area contributed by atoms with Crippen LogP contribution in [0.2, 0.25) is 0 Å². The van der Waals surface area contributed by atoms with Crippen LogP contribution in [0.25, 0.3) is 0 Å². The molecule has 0 saturated carbocycles. The zero-order chi connectivity index (χ0) is 16.7. The van der Waals surface area contributed by atoms with E-state index in [1.807, 2.05) is 6.07 Å². The summed E-state index contributed by atoms with van der Waals surface area (Å²) in [6, 6.07) is 12.4. The molecule has 2 N–H and O–H groups in total. The lowest BCUT2D eigenvalue weighted by molar-refractivity contribution is -0.0498. The lowest BCUT2D eigenvalue weighted by atomic mass is 10.1. The normalized spacial score (nSPS) is 10.4. The van der Waals surface area contributed by atoms with Crippen molar-refractivity contribution in [2.45, 2.75) is 13.0 Å². The molecule has 2 aromatic carbocycles. The predicted molar refractivity (Wildman–Crippen MR) is 87.4 cm³/mol. The molecule has 0 aromatic heterocycles. The van der Waals surface area contributed by atoms with Crippen molar-refractivity contribution < 1.29 is 17.9 Å². The van der Waals surface area contributed by atoms with Gasteiger partial charge in [-0.2, -0.15) is 8.78 Å². The van der Waals surface area contributed by atoms with E-state index in [0.29, 0.717) is 23.8 Å². The van der Waals surface area contributed by atoms with E-state index in [0.717, 1.165) is 5.56 Å². The predicted octanol–water partition coefficient (Wildman–Crippen LogP) is 3.96. The van der Waals surface area contributed by atoms with Crippen LogP contribution in [-0.2, 0) is 6.42 Å². The summed E-state index contributed by atoms with van der Waals surface area (Å²) in [5, 5.41) is 6.31. The van der Waals surface area contributed by atoms with Gasteiger partial charge in [0.15, 0.2) is 5.11 Å². The summed E-state index contributed by atoms with van der Waals surface area (Å²) in [5.74, 6) is -0.190. The van der Waals surface area contributed by atoms with Gasteiger partial charge in [0.2, 0.25) is 0 Å². The third-order valence-corrected chi connectivity index (χ3v) is 3.17. The molecule has 0 amide bonds. The number of benzene rings is 2. The van der Waals surface area contributed by atoms with Crippen LogP contribution in [0.3, 0.4) is 0 Å². The van der Waals surface area contributed by atoms with Crippen molar-refractivity contribution in [2.75, 3.05) is 11.9 Å². The Morgan fingerprint density at radius 1 is 1.13 bits per heavy atom. The SMILES string of the molecule is Fc1cccc(CCNC(=S)Nc2ccc(OC(F)F)cc2)c1. The smallest absolute Gasteiger partial charge is 0.387 e. The van der Waals surface area contributed by atoms with E-state index in [1.165, 1.54) is 24.3 Å². The zero-order valence-electron chi connectivity index (χ0n) is 12.1. The van der Waals surface area contributed by atoms with Gasteiger partial charge in [0, 0.05) is 12.2 Å². The summed E-state index contributed by atoms with van der Waals surface area (Å²) < 4.78 is 41.4. The van der Waals surface area contributed by atoms with Gasteiger partial charge in [-0.15, -0.1) is 0 Å². The molecular formula is C16H15F3N2OS. The van der Waals surface area contributed by atoms with E-state index in [2.05, 4.69) is 15.4 Å². The molecule has 0 spiro atoms. The molecule has 0 bridgehead atoms. The lowest BCUT2D eigenvalue weighted by Gasteiger charge is -2.11. The van der Waals surface area contributed by atoms with Crippen LogP contribution in [0.15, 0.2) is 48.5 Å². The quantitative estimate of drug-likeness (QED) is 0.780. The van der Waals surface area contributed by atoms with Gasteiger partial charge in [-0.1, -0.05) is 12.1 Å². The summed E-state index contributed by atoms with van der Waals surface area (Å²) in [4.78, 5) is 0. The van der Waals surface area contributed by atoms with Gasteiger partial charge in [0.05, 0.1) is 0 Å². The molecule has 0 atom stereocenters. The van der Waals surface area contributed by atoms with Crippen molar-refractivity contribution in [1.29, 1.82) is 0 Å². The molecule has 7 heteroatoms. The molecule has 0 unspecified atom stereocenters. The van der Waals surface area contributed by atoms with Gasteiger partial charge in [0.1, 0.15) is 11.6 Å². The van der Waals surface area contributed by atoms with E-state index < -0.39 is 6.61 Å². The fourth-order valence-electron chi connectivity index (χ4n) is 1.91. The molecule has 2 aromatic rings. The highest BCUT2D eigenvalue weighted by atomic mass is 32.1. The van der Waals surface area contributed by atoms with Gasteiger partial charge in [0.25, 0.3) is 0 Å². The second-order valence-corrected chi connectivity index (χ2v) is 5.07. The van der Waals surface area contributed by atoms with Gasteiger partial charge >= 0.3 is 6.61 Å². The van der Waals surface area contributed by atoms with Gasteiger partial charge in [-0.05, 0) is 60.6 Å². The Morgan fingerprint density at radius 3 is 2.52 bits per heavy atom. The molecule has 0 aliphatic rings. The van der Waals surface area contributed by atoms with Crippen LogP contribution in [0, 0.1) is 5.82 Å². The van der Waals surface area contributed by atoms with Crippen molar-refractivity contribution in [3.05, 3.63) is 59.9 Å². The Labute approximate surface area is 137 Å². The summed E-state index contributed by atoms with van der Waals surface area (Å²) in [5.41, 5.74) is 1.52. The van der Waals surface area contributed by atoms with Crippen molar-refractivity contribution in [2.24, 2.45) is 0 Å². The number of thiocarbonyl (C=S) groups is 1. The molecule has 2 rings (SSSR count). The summed E-state index contributed by atoms with van der Waals surface area (Å²) in [7, 11) is 0. The van der Waals surface area contributed by atoms with Crippen LogP contribution in [-0.4, -0.2) is 18.3 Å². The number of halogens is 3. The first-order valence-corrected chi connectivity index (χ1v) is 7.28. The Morgan fingerprint density at radius 2 is 1.87 bits per heavy atom. The molecule has 3 nitrogen and oxygen atoms in total. The molecule has 23 heavy (non-hydrogen) atoms. The molecule has 0 aliphatic heterocycles. The molecule has 0 aliphatic carbocycles. The fourth-order valence-corrected chi connectivity index (χ4v) is 2.13. The Balaban J connectivity index is 1.76. The van der Waals surface area contributed by atoms with Crippen LogP contribution in [0.5, 0.6) is 5.75 Å². The van der Waals surface area contributed by atoms with E-state index in [9.17, 15) is 13.2 Å². The number of rotatable bonds is 6. The first kappa shape index (κ1) is 17.1.